The highest BCUT2D eigenvalue weighted by Crippen LogP contribution is 2.35. The van der Waals surface area contributed by atoms with Crippen LogP contribution in [0, 0.1) is 0 Å². The average molecular weight is 279 g/mol. The van der Waals surface area contributed by atoms with Gasteiger partial charge >= 0.3 is 0 Å². The van der Waals surface area contributed by atoms with E-state index in [9.17, 15) is 8.42 Å². The Morgan fingerprint density at radius 1 is 1.05 bits per heavy atom. The molecule has 3 rings (SSSR count). The largest absolute Gasteiger partial charge is 0.244 e. The third-order valence-corrected chi connectivity index (χ3v) is 5.69. The molecule has 2 fully saturated rings. The summed E-state index contributed by atoms with van der Waals surface area (Å²) in [7, 11) is -3.40. The second-order valence-corrected chi connectivity index (χ2v) is 7.10. The van der Waals surface area contributed by atoms with Crippen LogP contribution in [0.5, 0.6) is 0 Å². The van der Waals surface area contributed by atoms with E-state index in [0.29, 0.717) is 4.90 Å². The Balaban J connectivity index is 1.91. The standard InChI is InChI=1S/C14H19N2O2S/c17-19(18,13-6-2-1-3-7-13)16(12-9-10-12)14-8-4-5-11-15-14/h1-3,6-7,12,14H,4-5,8-11H2. The predicted molar refractivity (Wildman–Crippen MR) is 73.1 cm³/mol. The molecular formula is C14H19N2O2S. The molecule has 1 heterocycles. The molecule has 1 aromatic carbocycles. The third-order valence-electron chi connectivity index (χ3n) is 3.73. The van der Waals surface area contributed by atoms with Crippen LogP contribution in [-0.4, -0.2) is 31.5 Å². The van der Waals surface area contributed by atoms with Gasteiger partial charge in [-0.25, -0.2) is 13.7 Å². The highest BCUT2D eigenvalue weighted by Gasteiger charge is 2.43. The van der Waals surface area contributed by atoms with Crippen molar-refractivity contribution >= 4 is 10.0 Å². The van der Waals surface area contributed by atoms with Crippen LogP contribution in [0.4, 0.5) is 0 Å². The van der Waals surface area contributed by atoms with Gasteiger partial charge < -0.3 is 0 Å². The lowest BCUT2D eigenvalue weighted by atomic mass is 10.1. The van der Waals surface area contributed by atoms with E-state index < -0.39 is 10.0 Å². The van der Waals surface area contributed by atoms with Crippen LogP contribution in [0.1, 0.15) is 32.1 Å². The molecule has 0 bridgehead atoms. The van der Waals surface area contributed by atoms with Crippen LogP contribution in [0.15, 0.2) is 35.2 Å². The van der Waals surface area contributed by atoms with Crippen LogP contribution >= 0.6 is 0 Å². The fourth-order valence-electron chi connectivity index (χ4n) is 2.62. The maximum atomic E-state index is 12.8. The van der Waals surface area contributed by atoms with E-state index in [-0.39, 0.29) is 12.2 Å². The molecule has 5 heteroatoms. The molecule has 1 saturated carbocycles. The first-order chi connectivity index (χ1) is 9.19. The Kier molecular flexibility index (Phi) is 3.60. The molecule has 0 spiro atoms. The van der Waals surface area contributed by atoms with Crippen molar-refractivity contribution in [1.29, 1.82) is 0 Å². The van der Waals surface area contributed by atoms with Crippen molar-refractivity contribution in [3.8, 4) is 0 Å². The highest BCUT2D eigenvalue weighted by atomic mass is 32.2. The second kappa shape index (κ2) is 5.23. The van der Waals surface area contributed by atoms with Crippen molar-refractivity contribution in [3.63, 3.8) is 0 Å². The summed E-state index contributed by atoms with van der Waals surface area (Å²) >= 11 is 0. The summed E-state index contributed by atoms with van der Waals surface area (Å²) < 4.78 is 27.2. The average Bonchev–Trinajstić information content (AvgIpc) is 3.25. The molecule has 1 aliphatic heterocycles. The monoisotopic (exact) mass is 279 g/mol. The van der Waals surface area contributed by atoms with Crippen LogP contribution in [-0.2, 0) is 10.0 Å². The zero-order valence-corrected chi connectivity index (χ0v) is 11.7. The van der Waals surface area contributed by atoms with Crippen molar-refractivity contribution in [2.24, 2.45) is 0 Å². The van der Waals surface area contributed by atoms with E-state index in [1.165, 1.54) is 0 Å². The van der Waals surface area contributed by atoms with Gasteiger partial charge in [-0.15, -0.1) is 0 Å². The summed E-state index contributed by atoms with van der Waals surface area (Å²) in [5.41, 5.74) is 0. The molecule has 1 aromatic rings. The van der Waals surface area contributed by atoms with Gasteiger partial charge in [0.25, 0.3) is 0 Å². The quantitative estimate of drug-likeness (QED) is 0.846. The Hall–Kier alpha value is -0.910. The number of hydrogen-bond acceptors (Lipinski definition) is 2. The van der Waals surface area contributed by atoms with Gasteiger partial charge in [-0.3, -0.25) is 0 Å². The van der Waals surface area contributed by atoms with Crippen LogP contribution in [0.2, 0.25) is 0 Å². The van der Waals surface area contributed by atoms with Crippen LogP contribution < -0.4 is 5.32 Å². The summed E-state index contributed by atoms with van der Waals surface area (Å²) in [4.78, 5) is 0.391. The Labute approximate surface area is 114 Å². The molecule has 0 amide bonds. The van der Waals surface area contributed by atoms with E-state index >= 15 is 0 Å². The lowest BCUT2D eigenvalue weighted by Gasteiger charge is -2.33. The lowest BCUT2D eigenvalue weighted by molar-refractivity contribution is 0.218. The van der Waals surface area contributed by atoms with Crippen molar-refractivity contribution in [2.45, 2.75) is 49.2 Å². The van der Waals surface area contributed by atoms with E-state index in [2.05, 4.69) is 5.32 Å². The van der Waals surface area contributed by atoms with Crippen molar-refractivity contribution in [1.82, 2.24) is 9.62 Å². The normalized spacial score (nSPS) is 24.6. The minimum absolute atomic E-state index is 0.147. The van der Waals surface area contributed by atoms with Crippen molar-refractivity contribution in [2.75, 3.05) is 6.54 Å². The van der Waals surface area contributed by atoms with E-state index in [4.69, 9.17) is 0 Å². The lowest BCUT2D eigenvalue weighted by Crippen LogP contribution is -2.48. The van der Waals surface area contributed by atoms with Gasteiger partial charge in [0.05, 0.1) is 11.1 Å². The Morgan fingerprint density at radius 3 is 2.37 bits per heavy atom. The molecule has 0 N–H and O–H groups in total. The Morgan fingerprint density at radius 2 is 1.79 bits per heavy atom. The molecule has 1 unspecified atom stereocenters. The summed E-state index contributed by atoms with van der Waals surface area (Å²) in [6, 6.07) is 8.90. The molecule has 0 aromatic heterocycles. The van der Waals surface area contributed by atoms with Gasteiger partial charge in [0, 0.05) is 12.6 Å². The number of rotatable bonds is 4. The second-order valence-electron chi connectivity index (χ2n) is 5.26. The molecular weight excluding hydrogens is 260 g/mol. The van der Waals surface area contributed by atoms with Gasteiger partial charge in [0.15, 0.2) is 0 Å². The number of nitrogens with zero attached hydrogens (tertiary/aromatic N) is 2. The summed E-state index contributed by atoms with van der Waals surface area (Å²) in [5, 5.41) is 4.53. The molecule has 1 radical (unpaired) electrons. The summed E-state index contributed by atoms with van der Waals surface area (Å²) in [6.45, 7) is 0.790. The fraction of sp³-hybridized carbons (Fsp3) is 0.571. The number of sulfonamides is 1. The molecule has 4 nitrogen and oxygen atoms in total. The zero-order chi connectivity index (χ0) is 13.3. The van der Waals surface area contributed by atoms with Gasteiger partial charge in [0.2, 0.25) is 10.0 Å². The van der Waals surface area contributed by atoms with E-state index in [1.807, 2.05) is 6.07 Å². The molecule has 19 heavy (non-hydrogen) atoms. The Bertz CT molecular complexity index is 520. The van der Waals surface area contributed by atoms with Gasteiger partial charge in [-0.2, -0.15) is 4.31 Å². The maximum Gasteiger partial charge on any atom is 0.244 e. The van der Waals surface area contributed by atoms with Gasteiger partial charge in [0.1, 0.15) is 0 Å². The summed E-state index contributed by atoms with van der Waals surface area (Å²) in [5.74, 6) is 0. The predicted octanol–water partition coefficient (Wildman–Crippen LogP) is 1.95. The molecule has 103 valence electrons. The molecule has 1 atom stereocenters. The van der Waals surface area contributed by atoms with Crippen molar-refractivity contribution in [3.05, 3.63) is 30.3 Å². The molecule has 1 saturated heterocycles. The van der Waals surface area contributed by atoms with Crippen LogP contribution in [0.25, 0.3) is 0 Å². The van der Waals surface area contributed by atoms with E-state index in [0.717, 1.165) is 38.6 Å². The minimum Gasteiger partial charge on any atom is -0.222 e. The first-order valence-electron chi connectivity index (χ1n) is 6.95. The smallest absolute Gasteiger partial charge is 0.222 e. The molecule has 1 aliphatic carbocycles. The van der Waals surface area contributed by atoms with Crippen LogP contribution in [0.3, 0.4) is 0 Å². The first-order valence-corrected chi connectivity index (χ1v) is 8.39. The minimum atomic E-state index is -3.40. The SMILES string of the molecule is O=S(=O)(c1ccccc1)N(C1CC1)C1CCCC[N]1. The zero-order valence-electron chi connectivity index (χ0n) is 10.9. The number of piperidine rings is 1. The van der Waals surface area contributed by atoms with Crippen molar-refractivity contribution < 1.29 is 8.42 Å². The third kappa shape index (κ3) is 2.68. The molecule has 2 aliphatic rings. The maximum absolute atomic E-state index is 12.8. The summed E-state index contributed by atoms with van der Waals surface area (Å²) in [6.07, 6.45) is 4.81. The topological polar surface area (TPSA) is 51.5 Å². The van der Waals surface area contributed by atoms with Gasteiger partial charge in [-0.1, -0.05) is 18.2 Å². The van der Waals surface area contributed by atoms with Gasteiger partial charge in [-0.05, 0) is 44.2 Å². The first kappa shape index (κ1) is 13.1. The van der Waals surface area contributed by atoms with E-state index in [1.54, 1.807) is 28.6 Å². The number of hydrogen-bond donors (Lipinski definition) is 0. The highest BCUT2D eigenvalue weighted by molar-refractivity contribution is 7.89. The number of benzene rings is 1. The fourth-order valence-corrected chi connectivity index (χ4v) is 4.46.